The van der Waals surface area contributed by atoms with Gasteiger partial charge in [-0.15, -0.1) is 24.0 Å². The standard InChI is InChI=1S/C16H27N5O.HI/c1-12(2)8-10-18-16(17-4)19-11-9-15(22)21-14-7-5-6-13(3)20-14;/h5-7,12H,8-11H2,1-4H3,(H2,17,18,19)(H,20,21,22);1H. The summed E-state index contributed by atoms with van der Waals surface area (Å²) in [5, 5.41) is 9.14. The molecule has 0 bridgehead atoms. The van der Waals surface area contributed by atoms with E-state index in [4.69, 9.17) is 0 Å². The Morgan fingerprint density at radius 1 is 1.26 bits per heavy atom. The van der Waals surface area contributed by atoms with Crippen molar-refractivity contribution in [3.05, 3.63) is 23.9 Å². The summed E-state index contributed by atoms with van der Waals surface area (Å²) in [5.74, 6) is 1.90. The van der Waals surface area contributed by atoms with E-state index in [-0.39, 0.29) is 29.9 Å². The molecule has 0 aliphatic rings. The van der Waals surface area contributed by atoms with Crippen molar-refractivity contribution in [1.82, 2.24) is 15.6 Å². The van der Waals surface area contributed by atoms with Crippen LogP contribution < -0.4 is 16.0 Å². The summed E-state index contributed by atoms with van der Waals surface area (Å²) in [4.78, 5) is 20.2. The summed E-state index contributed by atoms with van der Waals surface area (Å²) in [6.07, 6.45) is 1.45. The van der Waals surface area contributed by atoms with Gasteiger partial charge >= 0.3 is 0 Å². The van der Waals surface area contributed by atoms with Gasteiger partial charge in [0.2, 0.25) is 5.91 Å². The molecule has 1 aromatic rings. The van der Waals surface area contributed by atoms with Crippen molar-refractivity contribution < 1.29 is 4.79 Å². The van der Waals surface area contributed by atoms with Gasteiger partial charge in [0.25, 0.3) is 0 Å². The Labute approximate surface area is 156 Å². The molecule has 3 N–H and O–H groups in total. The Morgan fingerprint density at radius 3 is 2.57 bits per heavy atom. The molecular formula is C16H28IN5O. The maximum absolute atomic E-state index is 11.8. The number of rotatable bonds is 7. The fourth-order valence-electron chi connectivity index (χ4n) is 1.81. The van der Waals surface area contributed by atoms with Gasteiger partial charge in [0.05, 0.1) is 0 Å². The van der Waals surface area contributed by atoms with Gasteiger partial charge in [0.15, 0.2) is 5.96 Å². The van der Waals surface area contributed by atoms with Crippen LogP contribution in [0.4, 0.5) is 5.82 Å². The quantitative estimate of drug-likeness (QED) is 0.351. The van der Waals surface area contributed by atoms with Crippen LogP contribution in [0, 0.1) is 12.8 Å². The van der Waals surface area contributed by atoms with E-state index in [0.29, 0.717) is 24.7 Å². The van der Waals surface area contributed by atoms with Crippen LogP contribution in [-0.4, -0.2) is 37.0 Å². The van der Waals surface area contributed by atoms with Crippen molar-refractivity contribution in [2.45, 2.75) is 33.6 Å². The largest absolute Gasteiger partial charge is 0.356 e. The Balaban J connectivity index is 0.00000484. The number of aryl methyl sites for hydroxylation is 1. The zero-order valence-corrected chi connectivity index (χ0v) is 16.7. The van der Waals surface area contributed by atoms with Crippen LogP contribution in [0.5, 0.6) is 0 Å². The first-order valence-electron chi connectivity index (χ1n) is 7.69. The molecule has 23 heavy (non-hydrogen) atoms. The van der Waals surface area contributed by atoms with Gasteiger partial charge in [-0.1, -0.05) is 19.9 Å². The van der Waals surface area contributed by atoms with E-state index in [2.05, 4.69) is 39.8 Å². The van der Waals surface area contributed by atoms with Crippen molar-refractivity contribution in [1.29, 1.82) is 0 Å². The van der Waals surface area contributed by atoms with Crippen LogP contribution in [0.1, 0.15) is 32.4 Å². The van der Waals surface area contributed by atoms with Crippen LogP contribution in [0.3, 0.4) is 0 Å². The van der Waals surface area contributed by atoms with Gasteiger partial charge in [0, 0.05) is 32.3 Å². The molecule has 130 valence electrons. The topological polar surface area (TPSA) is 78.4 Å². The maximum atomic E-state index is 11.8. The average molecular weight is 433 g/mol. The molecule has 0 aliphatic carbocycles. The number of hydrogen-bond acceptors (Lipinski definition) is 3. The summed E-state index contributed by atoms with van der Waals surface area (Å²) in [7, 11) is 1.72. The number of anilines is 1. The molecule has 0 unspecified atom stereocenters. The van der Waals surface area contributed by atoms with E-state index < -0.39 is 0 Å². The van der Waals surface area contributed by atoms with Crippen LogP contribution in [0.25, 0.3) is 0 Å². The molecule has 0 aromatic carbocycles. The first kappa shape index (κ1) is 21.6. The second-order valence-electron chi connectivity index (χ2n) is 5.57. The van der Waals surface area contributed by atoms with Gasteiger partial charge in [-0.3, -0.25) is 9.79 Å². The van der Waals surface area contributed by atoms with Crippen LogP contribution in [-0.2, 0) is 4.79 Å². The minimum absolute atomic E-state index is 0. The summed E-state index contributed by atoms with van der Waals surface area (Å²) >= 11 is 0. The second kappa shape index (κ2) is 12.1. The van der Waals surface area contributed by atoms with Crippen LogP contribution in [0.15, 0.2) is 23.2 Å². The molecule has 0 fully saturated rings. The summed E-state index contributed by atoms with van der Waals surface area (Å²) in [5.41, 5.74) is 0.880. The molecule has 0 atom stereocenters. The first-order valence-corrected chi connectivity index (χ1v) is 7.69. The Kier molecular flexibility index (Phi) is 11.4. The highest BCUT2D eigenvalue weighted by molar-refractivity contribution is 14.0. The lowest BCUT2D eigenvalue weighted by molar-refractivity contribution is -0.116. The van der Waals surface area contributed by atoms with E-state index >= 15 is 0 Å². The number of carbonyl (C=O) groups is 1. The Hall–Kier alpha value is -1.38. The number of guanidine groups is 1. The Morgan fingerprint density at radius 2 is 1.96 bits per heavy atom. The third-order valence-electron chi connectivity index (χ3n) is 3.04. The number of carbonyl (C=O) groups excluding carboxylic acids is 1. The number of halogens is 1. The third-order valence-corrected chi connectivity index (χ3v) is 3.04. The zero-order chi connectivity index (χ0) is 16.4. The lowest BCUT2D eigenvalue weighted by Crippen LogP contribution is -2.39. The van der Waals surface area contributed by atoms with E-state index in [0.717, 1.165) is 24.6 Å². The molecule has 1 aromatic heterocycles. The van der Waals surface area contributed by atoms with Crippen molar-refractivity contribution in [2.24, 2.45) is 10.9 Å². The fourth-order valence-corrected chi connectivity index (χ4v) is 1.81. The van der Waals surface area contributed by atoms with Crippen LogP contribution >= 0.6 is 24.0 Å². The summed E-state index contributed by atoms with van der Waals surface area (Å²) < 4.78 is 0. The van der Waals surface area contributed by atoms with Crippen molar-refractivity contribution >= 4 is 41.7 Å². The van der Waals surface area contributed by atoms with Crippen molar-refractivity contribution in [3.63, 3.8) is 0 Å². The number of aromatic nitrogens is 1. The highest BCUT2D eigenvalue weighted by Gasteiger charge is 2.04. The highest BCUT2D eigenvalue weighted by atomic mass is 127. The molecule has 0 spiro atoms. The predicted molar refractivity (Wildman–Crippen MR) is 106 cm³/mol. The minimum atomic E-state index is -0.0665. The minimum Gasteiger partial charge on any atom is -0.356 e. The monoisotopic (exact) mass is 433 g/mol. The van der Waals surface area contributed by atoms with E-state index in [1.54, 1.807) is 13.1 Å². The highest BCUT2D eigenvalue weighted by Crippen LogP contribution is 2.03. The lowest BCUT2D eigenvalue weighted by Gasteiger charge is -2.12. The second-order valence-corrected chi connectivity index (χ2v) is 5.57. The maximum Gasteiger partial charge on any atom is 0.227 e. The zero-order valence-electron chi connectivity index (χ0n) is 14.3. The van der Waals surface area contributed by atoms with Gasteiger partial charge < -0.3 is 16.0 Å². The molecule has 0 saturated heterocycles. The molecule has 1 rings (SSSR count). The average Bonchev–Trinajstić information content (AvgIpc) is 2.45. The molecule has 1 heterocycles. The normalized spacial score (nSPS) is 10.9. The molecule has 0 radical (unpaired) electrons. The smallest absolute Gasteiger partial charge is 0.227 e. The van der Waals surface area contributed by atoms with Crippen LogP contribution in [0.2, 0.25) is 0 Å². The van der Waals surface area contributed by atoms with Crippen molar-refractivity contribution in [2.75, 3.05) is 25.5 Å². The summed E-state index contributed by atoms with van der Waals surface area (Å²) in [6.45, 7) is 7.66. The fraction of sp³-hybridized carbons (Fsp3) is 0.562. The molecule has 6 nitrogen and oxygen atoms in total. The first-order chi connectivity index (χ1) is 10.5. The number of aliphatic imine (C=N–C) groups is 1. The number of nitrogens with zero attached hydrogens (tertiary/aromatic N) is 2. The van der Waals surface area contributed by atoms with Gasteiger partial charge in [-0.25, -0.2) is 4.98 Å². The van der Waals surface area contributed by atoms with Gasteiger partial charge in [0.1, 0.15) is 5.82 Å². The van der Waals surface area contributed by atoms with E-state index in [1.807, 2.05) is 19.1 Å². The van der Waals surface area contributed by atoms with Gasteiger partial charge in [-0.2, -0.15) is 0 Å². The van der Waals surface area contributed by atoms with Gasteiger partial charge in [-0.05, 0) is 31.4 Å². The SMILES string of the molecule is CN=C(NCCC(=O)Nc1cccc(C)n1)NCCC(C)C.I. The molecular weight excluding hydrogens is 405 g/mol. The van der Waals surface area contributed by atoms with Crippen molar-refractivity contribution in [3.8, 4) is 0 Å². The molecule has 0 saturated carbocycles. The number of pyridine rings is 1. The van der Waals surface area contributed by atoms with E-state index in [1.165, 1.54) is 0 Å². The van der Waals surface area contributed by atoms with E-state index in [9.17, 15) is 4.79 Å². The number of nitrogens with one attached hydrogen (secondary N) is 3. The molecule has 7 heteroatoms. The molecule has 1 amide bonds. The number of amides is 1. The summed E-state index contributed by atoms with van der Waals surface area (Å²) in [6, 6.07) is 5.55. The predicted octanol–water partition coefficient (Wildman–Crippen LogP) is 2.55. The lowest BCUT2D eigenvalue weighted by atomic mass is 10.1. The Bertz CT molecular complexity index is 505. The number of hydrogen-bond donors (Lipinski definition) is 3. The third kappa shape index (κ3) is 10.1. The molecule has 0 aliphatic heterocycles.